The number of rotatable bonds is 7. The van der Waals surface area contributed by atoms with Crippen LogP contribution < -0.4 is 15.5 Å². The van der Waals surface area contributed by atoms with E-state index in [9.17, 15) is 9.59 Å². The van der Waals surface area contributed by atoms with Crippen LogP contribution in [0.3, 0.4) is 0 Å². The van der Waals surface area contributed by atoms with Gasteiger partial charge in [-0.25, -0.2) is 4.79 Å². The van der Waals surface area contributed by atoms with Gasteiger partial charge in [0.05, 0.1) is 0 Å². The summed E-state index contributed by atoms with van der Waals surface area (Å²) < 4.78 is 0. The summed E-state index contributed by atoms with van der Waals surface area (Å²) in [6, 6.07) is 17.4. The zero-order valence-electron chi connectivity index (χ0n) is 16.4. The van der Waals surface area contributed by atoms with Gasteiger partial charge in [0.15, 0.2) is 0 Å². The van der Waals surface area contributed by atoms with E-state index in [1.807, 2.05) is 61.6 Å². The van der Waals surface area contributed by atoms with Gasteiger partial charge in [-0.3, -0.25) is 4.79 Å². The number of anilines is 2. The molecule has 0 aliphatic heterocycles. The average molecular weight is 368 g/mol. The second-order valence-electron chi connectivity index (χ2n) is 6.66. The fourth-order valence-electron chi connectivity index (χ4n) is 2.61. The van der Waals surface area contributed by atoms with E-state index in [2.05, 4.69) is 22.5 Å². The zero-order chi connectivity index (χ0) is 19.8. The molecule has 6 nitrogen and oxygen atoms in total. The van der Waals surface area contributed by atoms with Crippen molar-refractivity contribution in [3.63, 3.8) is 0 Å². The van der Waals surface area contributed by atoms with E-state index in [-0.39, 0.29) is 18.0 Å². The normalized spacial score (nSPS) is 11.4. The van der Waals surface area contributed by atoms with Gasteiger partial charge < -0.3 is 20.4 Å². The third-order valence-corrected chi connectivity index (χ3v) is 4.59. The van der Waals surface area contributed by atoms with E-state index in [0.717, 1.165) is 11.3 Å². The molecule has 2 aromatic rings. The number of urea groups is 1. The van der Waals surface area contributed by atoms with Crippen molar-refractivity contribution in [1.29, 1.82) is 0 Å². The Morgan fingerprint density at radius 3 is 2.30 bits per heavy atom. The summed E-state index contributed by atoms with van der Waals surface area (Å²) in [5.41, 5.74) is 2.69. The van der Waals surface area contributed by atoms with Crippen molar-refractivity contribution < 1.29 is 9.59 Å². The molecule has 0 saturated carbocycles. The molecule has 0 unspecified atom stereocenters. The molecule has 0 aromatic heterocycles. The molecule has 0 saturated heterocycles. The van der Waals surface area contributed by atoms with Gasteiger partial charge >= 0.3 is 6.03 Å². The quantitative estimate of drug-likeness (QED) is 0.788. The van der Waals surface area contributed by atoms with E-state index >= 15 is 0 Å². The first-order chi connectivity index (χ1) is 12.9. The van der Waals surface area contributed by atoms with Crippen LogP contribution in [-0.4, -0.2) is 43.5 Å². The fraction of sp³-hybridized carbons (Fsp3) is 0.333. The Bertz CT molecular complexity index is 764. The minimum absolute atomic E-state index is 0.0213. The number of hydrogen-bond acceptors (Lipinski definition) is 3. The molecule has 6 heteroatoms. The standard InChI is InChI=1S/C21H28N4O2/c1-16(25(4)19-11-6-5-7-12-19)14-22-21(27)23-20-13-9-8-10-18(20)15-24(3)17(2)26/h5-13,16H,14-15H2,1-4H3,(H2,22,23,27)/t16-/m0/s1. The Morgan fingerprint density at radius 1 is 1.00 bits per heavy atom. The lowest BCUT2D eigenvalue weighted by Crippen LogP contribution is -2.41. The Morgan fingerprint density at radius 2 is 1.63 bits per heavy atom. The third-order valence-electron chi connectivity index (χ3n) is 4.59. The Hall–Kier alpha value is -3.02. The lowest BCUT2D eigenvalue weighted by Gasteiger charge is -2.27. The Balaban J connectivity index is 1.91. The number of nitrogens with one attached hydrogen (secondary N) is 2. The maximum Gasteiger partial charge on any atom is 0.319 e. The van der Waals surface area contributed by atoms with Crippen LogP contribution >= 0.6 is 0 Å². The Labute approximate surface area is 161 Å². The van der Waals surface area contributed by atoms with Crippen molar-refractivity contribution in [1.82, 2.24) is 10.2 Å². The van der Waals surface area contributed by atoms with Crippen LogP contribution in [0, 0.1) is 0 Å². The first-order valence-corrected chi connectivity index (χ1v) is 9.01. The monoisotopic (exact) mass is 368 g/mol. The van der Waals surface area contributed by atoms with E-state index in [1.54, 1.807) is 11.9 Å². The first-order valence-electron chi connectivity index (χ1n) is 9.01. The van der Waals surface area contributed by atoms with E-state index < -0.39 is 0 Å². The molecule has 0 heterocycles. The molecule has 2 N–H and O–H groups in total. The molecule has 2 aromatic carbocycles. The van der Waals surface area contributed by atoms with Crippen molar-refractivity contribution in [3.8, 4) is 0 Å². The number of benzene rings is 2. The number of amides is 3. The summed E-state index contributed by atoms with van der Waals surface area (Å²) in [4.78, 5) is 27.5. The molecule has 2 rings (SSSR count). The lowest BCUT2D eigenvalue weighted by molar-refractivity contribution is -0.128. The second kappa shape index (κ2) is 9.62. The molecule has 3 amide bonds. The molecule has 144 valence electrons. The maximum atomic E-state index is 12.3. The largest absolute Gasteiger partial charge is 0.370 e. The van der Waals surface area contributed by atoms with Gasteiger partial charge in [-0.1, -0.05) is 36.4 Å². The van der Waals surface area contributed by atoms with Crippen molar-refractivity contribution in [2.75, 3.05) is 30.9 Å². The Kier molecular flexibility index (Phi) is 7.23. The van der Waals surface area contributed by atoms with Gasteiger partial charge in [-0.05, 0) is 30.7 Å². The number of nitrogens with zero attached hydrogens (tertiary/aromatic N) is 2. The summed E-state index contributed by atoms with van der Waals surface area (Å²) in [7, 11) is 3.74. The second-order valence-corrected chi connectivity index (χ2v) is 6.66. The highest BCUT2D eigenvalue weighted by molar-refractivity contribution is 5.90. The minimum Gasteiger partial charge on any atom is -0.370 e. The minimum atomic E-state index is -0.263. The van der Waals surface area contributed by atoms with Gasteiger partial charge in [-0.2, -0.15) is 0 Å². The topological polar surface area (TPSA) is 64.7 Å². The average Bonchev–Trinajstić information content (AvgIpc) is 2.67. The first kappa shape index (κ1) is 20.3. The predicted octanol–water partition coefficient (Wildman–Crippen LogP) is 3.31. The van der Waals surface area contributed by atoms with Gasteiger partial charge in [0.2, 0.25) is 5.91 Å². The number of likely N-dealkylation sites (N-methyl/N-ethyl adjacent to an activating group) is 1. The van der Waals surface area contributed by atoms with Crippen LogP contribution in [0.2, 0.25) is 0 Å². The van der Waals surface area contributed by atoms with Crippen LogP contribution in [0.5, 0.6) is 0 Å². The molecule has 0 radical (unpaired) electrons. The summed E-state index contributed by atoms with van der Waals surface area (Å²) in [6.45, 7) is 4.53. The van der Waals surface area contributed by atoms with Gasteiger partial charge in [0.25, 0.3) is 0 Å². The summed E-state index contributed by atoms with van der Waals surface area (Å²) in [6.07, 6.45) is 0. The van der Waals surface area contributed by atoms with E-state index in [4.69, 9.17) is 0 Å². The summed E-state index contributed by atoms with van der Waals surface area (Å²) in [5, 5.41) is 5.79. The van der Waals surface area contributed by atoms with Gasteiger partial charge in [-0.15, -0.1) is 0 Å². The van der Waals surface area contributed by atoms with Crippen LogP contribution in [-0.2, 0) is 11.3 Å². The van der Waals surface area contributed by atoms with Crippen molar-refractivity contribution in [2.24, 2.45) is 0 Å². The molecular weight excluding hydrogens is 340 g/mol. The third kappa shape index (κ3) is 6.02. The van der Waals surface area contributed by atoms with Crippen molar-refractivity contribution >= 4 is 23.3 Å². The smallest absolute Gasteiger partial charge is 0.319 e. The summed E-state index contributed by atoms with van der Waals surface area (Å²) in [5.74, 6) is -0.0213. The molecule has 0 aliphatic rings. The molecule has 0 bridgehead atoms. The summed E-state index contributed by atoms with van der Waals surface area (Å²) >= 11 is 0. The SMILES string of the molecule is CC(=O)N(C)Cc1ccccc1NC(=O)NC[C@H](C)N(C)c1ccccc1. The van der Waals surface area contributed by atoms with Crippen molar-refractivity contribution in [3.05, 3.63) is 60.2 Å². The number of para-hydroxylation sites is 2. The van der Waals surface area contributed by atoms with Crippen LogP contribution in [0.1, 0.15) is 19.4 Å². The molecule has 0 aliphatic carbocycles. The molecular formula is C21H28N4O2. The van der Waals surface area contributed by atoms with Crippen LogP contribution in [0.4, 0.5) is 16.2 Å². The van der Waals surface area contributed by atoms with E-state index in [0.29, 0.717) is 18.8 Å². The number of carbonyl (C=O) groups is 2. The highest BCUT2D eigenvalue weighted by Gasteiger charge is 2.13. The fourth-order valence-corrected chi connectivity index (χ4v) is 2.61. The molecule has 1 atom stereocenters. The predicted molar refractivity (Wildman–Crippen MR) is 110 cm³/mol. The number of hydrogen-bond donors (Lipinski definition) is 2. The highest BCUT2D eigenvalue weighted by Crippen LogP contribution is 2.17. The highest BCUT2D eigenvalue weighted by atomic mass is 16.2. The van der Waals surface area contributed by atoms with E-state index in [1.165, 1.54) is 6.92 Å². The maximum absolute atomic E-state index is 12.3. The van der Waals surface area contributed by atoms with Crippen LogP contribution in [0.25, 0.3) is 0 Å². The number of carbonyl (C=O) groups excluding carboxylic acids is 2. The molecule has 0 spiro atoms. The molecule has 27 heavy (non-hydrogen) atoms. The van der Waals surface area contributed by atoms with Gasteiger partial charge in [0, 0.05) is 51.5 Å². The van der Waals surface area contributed by atoms with Gasteiger partial charge in [0.1, 0.15) is 0 Å². The lowest BCUT2D eigenvalue weighted by atomic mass is 10.1. The van der Waals surface area contributed by atoms with Crippen LogP contribution in [0.15, 0.2) is 54.6 Å². The zero-order valence-corrected chi connectivity index (χ0v) is 16.4. The van der Waals surface area contributed by atoms with Crippen molar-refractivity contribution in [2.45, 2.75) is 26.4 Å². The molecule has 0 fully saturated rings.